The van der Waals surface area contributed by atoms with Crippen LogP contribution in [0.2, 0.25) is 0 Å². The van der Waals surface area contributed by atoms with E-state index in [1.54, 1.807) is 0 Å². The van der Waals surface area contributed by atoms with Gasteiger partial charge in [0.2, 0.25) is 5.95 Å². The van der Waals surface area contributed by atoms with Gasteiger partial charge >= 0.3 is 0 Å². The molecule has 0 saturated heterocycles. The molecule has 0 unspecified atom stereocenters. The molecule has 0 spiro atoms. The summed E-state index contributed by atoms with van der Waals surface area (Å²) in [6.07, 6.45) is 0. The lowest BCUT2D eigenvalue weighted by atomic mass is 10.1. The molecular formula is C16H16N4S. The molecule has 3 aromatic rings. The number of hydrogen-bond acceptors (Lipinski definition) is 2. The molecule has 0 atom stereocenters. The summed E-state index contributed by atoms with van der Waals surface area (Å²) in [6.45, 7) is 4.17. The Morgan fingerprint density at radius 2 is 1.76 bits per heavy atom. The highest BCUT2D eigenvalue weighted by molar-refractivity contribution is 7.80. The Kier molecular flexibility index (Phi) is 3.58. The molecule has 0 saturated carbocycles. The molecule has 5 heteroatoms. The van der Waals surface area contributed by atoms with E-state index in [2.05, 4.69) is 46.6 Å². The van der Waals surface area contributed by atoms with E-state index >= 15 is 0 Å². The van der Waals surface area contributed by atoms with Gasteiger partial charge in [-0.2, -0.15) is 0 Å². The number of nitrogens with one attached hydrogen (secondary N) is 3. The minimum Gasteiger partial charge on any atom is -0.332 e. The molecule has 0 radical (unpaired) electrons. The van der Waals surface area contributed by atoms with Crippen LogP contribution in [0.1, 0.15) is 11.1 Å². The Labute approximate surface area is 128 Å². The summed E-state index contributed by atoms with van der Waals surface area (Å²) in [5.41, 5.74) is 5.34. The zero-order chi connectivity index (χ0) is 14.8. The summed E-state index contributed by atoms with van der Waals surface area (Å²) in [4.78, 5) is 7.73. The molecule has 3 rings (SSSR count). The molecule has 21 heavy (non-hydrogen) atoms. The quantitative estimate of drug-likeness (QED) is 0.626. The largest absolute Gasteiger partial charge is 0.332 e. The normalized spacial score (nSPS) is 10.6. The van der Waals surface area contributed by atoms with Gasteiger partial charge in [0.25, 0.3) is 0 Å². The number of H-pyrrole nitrogens is 1. The average Bonchev–Trinajstić information content (AvgIpc) is 2.81. The standard InChI is InChI=1S/C16H16N4S/c1-10-8-13-14(9-11(10)2)19-15(18-13)20-16(21)17-12-6-4-3-5-7-12/h3-9H,1-2H3,(H3,17,18,19,20,21). The Balaban J connectivity index is 1.77. The Morgan fingerprint density at radius 1 is 1.05 bits per heavy atom. The summed E-state index contributed by atoms with van der Waals surface area (Å²) in [7, 11) is 0. The number of benzene rings is 2. The number of aromatic amines is 1. The summed E-state index contributed by atoms with van der Waals surface area (Å²) in [6, 6.07) is 14.0. The SMILES string of the molecule is Cc1cc2nc(NC(=S)Nc3ccccc3)[nH]c2cc1C. The van der Waals surface area contributed by atoms with Crippen LogP contribution in [0, 0.1) is 13.8 Å². The number of anilines is 2. The van der Waals surface area contributed by atoms with Crippen molar-refractivity contribution in [2.24, 2.45) is 0 Å². The molecule has 0 aliphatic rings. The highest BCUT2D eigenvalue weighted by Gasteiger charge is 2.06. The zero-order valence-corrected chi connectivity index (χ0v) is 12.7. The van der Waals surface area contributed by atoms with Crippen molar-refractivity contribution in [3.8, 4) is 0 Å². The smallest absolute Gasteiger partial charge is 0.207 e. The summed E-state index contributed by atoms with van der Waals surface area (Å²) in [5.74, 6) is 0.642. The number of aromatic nitrogens is 2. The van der Waals surface area contributed by atoms with Crippen LogP contribution in [-0.4, -0.2) is 15.1 Å². The lowest BCUT2D eigenvalue weighted by Gasteiger charge is -2.07. The van der Waals surface area contributed by atoms with Crippen molar-refractivity contribution >= 4 is 40.0 Å². The zero-order valence-electron chi connectivity index (χ0n) is 11.9. The van der Waals surface area contributed by atoms with Crippen LogP contribution < -0.4 is 10.6 Å². The third-order valence-corrected chi connectivity index (χ3v) is 3.57. The first kappa shape index (κ1) is 13.6. The van der Waals surface area contributed by atoms with Gasteiger partial charge in [-0.25, -0.2) is 4.98 Å². The van der Waals surface area contributed by atoms with Crippen LogP contribution >= 0.6 is 12.2 Å². The highest BCUT2D eigenvalue weighted by Crippen LogP contribution is 2.19. The second kappa shape index (κ2) is 5.54. The summed E-state index contributed by atoms with van der Waals surface area (Å²) < 4.78 is 0. The van der Waals surface area contributed by atoms with E-state index in [0.717, 1.165) is 16.7 Å². The van der Waals surface area contributed by atoms with E-state index in [-0.39, 0.29) is 0 Å². The predicted octanol–water partition coefficient (Wildman–Crippen LogP) is 3.99. The van der Waals surface area contributed by atoms with Gasteiger partial charge in [0.05, 0.1) is 11.0 Å². The fraction of sp³-hybridized carbons (Fsp3) is 0.125. The van der Waals surface area contributed by atoms with E-state index in [4.69, 9.17) is 12.2 Å². The summed E-state index contributed by atoms with van der Waals surface area (Å²) in [5, 5.41) is 6.70. The lowest BCUT2D eigenvalue weighted by Crippen LogP contribution is -2.19. The fourth-order valence-corrected chi connectivity index (χ4v) is 2.33. The number of rotatable bonds is 2. The van der Waals surface area contributed by atoms with Crippen LogP contribution in [0.5, 0.6) is 0 Å². The summed E-state index contributed by atoms with van der Waals surface area (Å²) >= 11 is 5.29. The molecule has 4 nitrogen and oxygen atoms in total. The minimum absolute atomic E-state index is 0.508. The van der Waals surface area contributed by atoms with Gasteiger partial charge in [0.1, 0.15) is 0 Å². The van der Waals surface area contributed by atoms with Crippen LogP contribution in [0.3, 0.4) is 0 Å². The maximum Gasteiger partial charge on any atom is 0.207 e. The second-order valence-electron chi connectivity index (χ2n) is 4.98. The van der Waals surface area contributed by atoms with Crippen molar-refractivity contribution in [2.45, 2.75) is 13.8 Å². The van der Waals surface area contributed by atoms with Gasteiger partial charge in [-0.05, 0) is 61.5 Å². The molecular weight excluding hydrogens is 280 g/mol. The Hall–Kier alpha value is -2.40. The van der Waals surface area contributed by atoms with E-state index in [1.165, 1.54) is 11.1 Å². The molecule has 0 aliphatic heterocycles. The van der Waals surface area contributed by atoms with Gasteiger partial charge in [0, 0.05) is 5.69 Å². The third kappa shape index (κ3) is 3.03. The van der Waals surface area contributed by atoms with Crippen molar-refractivity contribution in [3.05, 3.63) is 53.6 Å². The van der Waals surface area contributed by atoms with Gasteiger partial charge in [-0.1, -0.05) is 18.2 Å². The maximum absolute atomic E-state index is 5.29. The van der Waals surface area contributed by atoms with E-state index in [1.807, 2.05) is 30.3 Å². The Morgan fingerprint density at radius 3 is 2.52 bits per heavy atom. The van der Waals surface area contributed by atoms with E-state index in [9.17, 15) is 0 Å². The van der Waals surface area contributed by atoms with Crippen LogP contribution in [0.25, 0.3) is 11.0 Å². The number of imidazole rings is 1. The van der Waals surface area contributed by atoms with Crippen LogP contribution in [0.4, 0.5) is 11.6 Å². The Bertz CT molecular complexity index is 754. The lowest BCUT2D eigenvalue weighted by molar-refractivity contribution is 1.33. The monoisotopic (exact) mass is 296 g/mol. The van der Waals surface area contributed by atoms with Crippen molar-refractivity contribution < 1.29 is 0 Å². The third-order valence-electron chi connectivity index (χ3n) is 3.36. The first-order chi connectivity index (χ1) is 10.1. The van der Waals surface area contributed by atoms with Crippen molar-refractivity contribution in [1.82, 2.24) is 9.97 Å². The van der Waals surface area contributed by atoms with Crippen molar-refractivity contribution in [3.63, 3.8) is 0 Å². The molecule has 3 N–H and O–H groups in total. The van der Waals surface area contributed by atoms with Crippen molar-refractivity contribution in [1.29, 1.82) is 0 Å². The number of nitrogens with zero attached hydrogens (tertiary/aromatic N) is 1. The molecule has 0 fully saturated rings. The molecule has 0 aliphatic carbocycles. The highest BCUT2D eigenvalue weighted by atomic mass is 32.1. The average molecular weight is 296 g/mol. The topological polar surface area (TPSA) is 52.7 Å². The number of aryl methyl sites for hydroxylation is 2. The maximum atomic E-state index is 5.29. The molecule has 0 amide bonds. The number of thiocarbonyl (C=S) groups is 1. The molecule has 1 heterocycles. The van der Waals surface area contributed by atoms with E-state index in [0.29, 0.717) is 11.1 Å². The first-order valence-corrected chi connectivity index (χ1v) is 7.12. The van der Waals surface area contributed by atoms with Crippen molar-refractivity contribution in [2.75, 3.05) is 10.6 Å². The first-order valence-electron chi connectivity index (χ1n) is 6.72. The number of fused-ring (bicyclic) bond motifs is 1. The predicted molar refractivity (Wildman–Crippen MR) is 91.9 cm³/mol. The van der Waals surface area contributed by atoms with Gasteiger partial charge in [-0.3, -0.25) is 0 Å². The molecule has 2 aromatic carbocycles. The number of hydrogen-bond donors (Lipinski definition) is 3. The second-order valence-corrected chi connectivity index (χ2v) is 5.39. The minimum atomic E-state index is 0.508. The number of para-hydroxylation sites is 1. The van der Waals surface area contributed by atoms with E-state index < -0.39 is 0 Å². The molecule has 106 valence electrons. The molecule has 0 bridgehead atoms. The van der Waals surface area contributed by atoms with Gasteiger partial charge in [-0.15, -0.1) is 0 Å². The van der Waals surface area contributed by atoms with Crippen LogP contribution in [0.15, 0.2) is 42.5 Å². The van der Waals surface area contributed by atoms with Gasteiger partial charge in [0.15, 0.2) is 5.11 Å². The van der Waals surface area contributed by atoms with Crippen LogP contribution in [-0.2, 0) is 0 Å². The fourth-order valence-electron chi connectivity index (χ4n) is 2.12. The molecule has 1 aromatic heterocycles. The van der Waals surface area contributed by atoms with Gasteiger partial charge < -0.3 is 15.6 Å².